The highest BCUT2D eigenvalue weighted by atomic mass is 32.2. The summed E-state index contributed by atoms with van der Waals surface area (Å²) in [5.74, 6) is 0.429. The van der Waals surface area contributed by atoms with Crippen molar-refractivity contribution in [3.8, 4) is 0 Å². The van der Waals surface area contributed by atoms with E-state index in [0.29, 0.717) is 12.5 Å². The van der Waals surface area contributed by atoms with Crippen molar-refractivity contribution in [3.05, 3.63) is 0 Å². The van der Waals surface area contributed by atoms with E-state index in [0.717, 1.165) is 25.7 Å². The molecule has 1 aliphatic carbocycles. The minimum atomic E-state index is -0.908. The van der Waals surface area contributed by atoms with E-state index in [9.17, 15) is 9.00 Å². The van der Waals surface area contributed by atoms with E-state index in [2.05, 4.69) is 12.2 Å². The summed E-state index contributed by atoms with van der Waals surface area (Å²) >= 11 is 0. The van der Waals surface area contributed by atoms with Gasteiger partial charge < -0.3 is 11.1 Å². The van der Waals surface area contributed by atoms with Gasteiger partial charge in [-0.15, -0.1) is 0 Å². The second-order valence-corrected chi connectivity index (χ2v) is 7.18. The Kier molecular flexibility index (Phi) is 5.13. The van der Waals surface area contributed by atoms with Crippen LogP contribution in [-0.4, -0.2) is 33.7 Å². The monoisotopic (exact) mass is 260 g/mol. The lowest BCUT2D eigenvalue weighted by Crippen LogP contribution is -2.57. The second-order valence-electron chi connectivity index (χ2n) is 5.38. The van der Waals surface area contributed by atoms with E-state index in [1.165, 1.54) is 0 Å². The maximum Gasteiger partial charge on any atom is 0.240 e. The van der Waals surface area contributed by atoms with Crippen LogP contribution in [0.4, 0.5) is 0 Å². The van der Waals surface area contributed by atoms with Crippen LogP contribution in [0.1, 0.15) is 39.5 Å². The van der Waals surface area contributed by atoms with E-state index < -0.39 is 16.3 Å². The summed E-state index contributed by atoms with van der Waals surface area (Å²) in [5, 5.41) is 2.81. The van der Waals surface area contributed by atoms with Gasteiger partial charge in [0.2, 0.25) is 5.91 Å². The zero-order valence-corrected chi connectivity index (χ0v) is 11.8. The molecular formula is C12H24N2O2S. The summed E-state index contributed by atoms with van der Waals surface area (Å²) in [6.07, 6.45) is 5.33. The van der Waals surface area contributed by atoms with Crippen LogP contribution in [0.2, 0.25) is 0 Å². The molecule has 0 aromatic rings. The molecule has 4 unspecified atom stereocenters. The first kappa shape index (κ1) is 14.6. The van der Waals surface area contributed by atoms with E-state index >= 15 is 0 Å². The first-order valence-corrected chi connectivity index (χ1v) is 7.86. The Bertz CT molecular complexity index is 309. The predicted octanol–water partition coefficient (Wildman–Crippen LogP) is 0.777. The average molecular weight is 260 g/mol. The molecule has 4 nitrogen and oxygen atoms in total. The number of hydrogen-bond donors (Lipinski definition) is 2. The number of hydrogen-bond acceptors (Lipinski definition) is 3. The summed E-state index contributed by atoms with van der Waals surface area (Å²) < 4.78 is 11.2. The van der Waals surface area contributed by atoms with Gasteiger partial charge in [-0.2, -0.15) is 0 Å². The zero-order valence-electron chi connectivity index (χ0n) is 11.0. The lowest BCUT2D eigenvalue weighted by molar-refractivity contribution is -0.128. The van der Waals surface area contributed by atoms with Crippen LogP contribution in [0.15, 0.2) is 0 Å². The molecule has 0 radical (unpaired) electrons. The molecule has 1 fully saturated rings. The van der Waals surface area contributed by atoms with Crippen molar-refractivity contribution in [2.75, 3.05) is 12.8 Å². The quantitative estimate of drug-likeness (QED) is 0.784. The van der Waals surface area contributed by atoms with Gasteiger partial charge in [-0.3, -0.25) is 9.00 Å². The van der Waals surface area contributed by atoms with Gasteiger partial charge in [-0.25, -0.2) is 0 Å². The molecule has 1 rings (SSSR count). The Labute approximate surface area is 106 Å². The van der Waals surface area contributed by atoms with Crippen LogP contribution >= 0.6 is 0 Å². The molecule has 1 saturated carbocycles. The van der Waals surface area contributed by atoms with Crippen LogP contribution in [0.25, 0.3) is 0 Å². The third-order valence-corrected chi connectivity index (χ3v) is 4.90. The molecule has 0 aromatic carbocycles. The van der Waals surface area contributed by atoms with E-state index in [1.807, 2.05) is 6.92 Å². The molecule has 0 aliphatic heterocycles. The van der Waals surface area contributed by atoms with E-state index in [1.54, 1.807) is 6.26 Å². The van der Waals surface area contributed by atoms with Crippen LogP contribution in [0.3, 0.4) is 0 Å². The molecule has 0 heterocycles. The largest absolute Gasteiger partial charge is 0.353 e. The lowest BCUT2D eigenvalue weighted by Gasteiger charge is -2.35. The molecule has 4 atom stereocenters. The van der Waals surface area contributed by atoms with E-state index in [-0.39, 0.29) is 11.2 Å². The van der Waals surface area contributed by atoms with Gasteiger partial charge >= 0.3 is 0 Å². The number of carbonyl (C=O) groups is 1. The Morgan fingerprint density at radius 1 is 1.65 bits per heavy atom. The summed E-state index contributed by atoms with van der Waals surface area (Å²) in [5.41, 5.74) is 5.45. The van der Waals surface area contributed by atoms with Gasteiger partial charge in [0.15, 0.2) is 0 Å². The molecule has 1 amide bonds. The smallest absolute Gasteiger partial charge is 0.240 e. The second kappa shape index (κ2) is 5.96. The number of rotatable bonds is 4. The molecule has 0 aromatic heterocycles. The standard InChI is InChI=1S/C12H24N2O2S/c1-9-5-4-6-12(13,7-9)11(15)14-8-10(2)17(3)16/h9-10H,4-8,13H2,1-3H3,(H,14,15). The molecule has 17 heavy (non-hydrogen) atoms. The van der Waals surface area contributed by atoms with Crippen molar-refractivity contribution in [1.82, 2.24) is 5.32 Å². The zero-order chi connectivity index (χ0) is 13.1. The Hall–Kier alpha value is -0.420. The van der Waals surface area contributed by atoms with Crippen LogP contribution in [0, 0.1) is 5.92 Å². The number of amides is 1. The first-order valence-electron chi connectivity index (χ1n) is 6.24. The SMILES string of the molecule is CC1CCCC(N)(C(=O)NCC(C)S(C)=O)C1. The minimum absolute atomic E-state index is 0.0245. The number of nitrogens with two attached hydrogens (primary N) is 1. The average Bonchev–Trinajstić information content (AvgIpc) is 2.24. The predicted molar refractivity (Wildman–Crippen MR) is 71.1 cm³/mol. The Morgan fingerprint density at radius 2 is 2.29 bits per heavy atom. The van der Waals surface area contributed by atoms with Gasteiger partial charge in [0.25, 0.3) is 0 Å². The van der Waals surface area contributed by atoms with Gasteiger partial charge in [-0.05, 0) is 25.7 Å². The van der Waals surface area contributed by atoms with Gasteiger partial charge in [0.05, 0.1) is 5.54 Å². The lowest BCUT2D eigenvalue weighted by atomic mass is 9.76. The maximum absolute atomic E-state index is 12.1. The first-order chi connectivity index (χ1) is 7.85. The van der Waals surface area contributed by atoms with Crippen molar-refractivity contribution < 1.29 is 9.00 Å². The summed E-state index contributed by atoms with van der Waals surface area (Å²) in [6, 6.07) is 0. The summed E-state index contributed by atoms with van der Waals surface area (Å²) in [6.45, 7) is 4.44. The molecular weight excluding hydrogens is 236 g/mol. The summed E-state index contributed by atoms with van der Waals surface area (Å²) in [4.78, 5) is 12.1. The molecule has 0 bridgehead atoms. The number of carbonyl (C=O) groups excluding carboxylic acids is 1. The van der Waals surface area contributed by atoms with Gasteiger partial charge in [0.1, 0.15) is 0 Å². The normalized spacial score (nSPS) is 32.8. The molecule has 3 N–H and O–H groups in total. The molecule has 1 aliphatic rings. The fraction of sp³-hybridized carbons (Fsp3) is 0.917. The van der Waals surface area contributed by atoms with Crippen molar-refractivity contribution in [1.29, 1.82) is 0 Å². The van der Waals surface area contributed by atoms with Crippen molar-refractivity contribution in [2.24, 2.45) is 11.7 Å². The highest BCUT2D eigenvalue weighted by molar-refractivity contribution is 7.84. The highest BCUT2D eigenvalue weighted by Crippen LogP contribution is 2.30. The molecule has 0 spiro atoms. The molecule has 100 valence electrons. The minimum Gasteiger partial charge on any atom is -0.353 e. The third-order valence-electron chi connectivity index (χ3n) is 3.60. The topological polar surface area (TPSA) is 72.2 Å². The van der Waals surface area contributed by atoms with Crippen LogP contribution in [0.5, 0.6) is 0 Å². The van der Waals surface area contributed by atoms with Crippen LogP contribution < -0.4 is 11.1 Å². The third kappa shape index (κ3) is 4.07. The molecule has 5 heteroatoms. The Morgan fingerprint density at radius 3 is 2.82 bits per heavy atom. The number of nitrogens with one attached hydrogen (secondary N) is 1. The van der Waals surface area contributed by atoms with Gasteiger partial charge in [0, 0.05) is 28.9 Å². The Balaban J connectivity index is 2.48. The fourth-order valence-corrected chi connectivity index (χ4v) is 2.65. The maximum atomic E-state index is 12.1. The summed E-state index contributed by atoms with van der Waals surface area (Å²) in [7, 11) is -0.908. The van der Waals surface area contributed by atoms with Crippen molar-refractivity contribution >= 4 is 16.7 Å². The van der Waals surface area contributed by atoms with Crippen molar-refractivity contribution in [2.45, 2.75) is 50.3 Å². The van der Waals surface area contributed by atoms with E-state index in [4.69, 9.17) is 5.73 Å². The molecule has 0 saturated heterocycles. The van der Waals surface area contributed by atoms with Crippen LogP contribution in [-0.2, 0) is 15.6 Å². The van der Waals surface area contributed by atoms with Crippen molar-refractivity contribution in [3.63, 3.8) is 0 Å². The fourth-order valence-electron chi connectivity index (χ4n) is 2.33. The van der Waals surface area contributed by atoms with Gasteiger partial charge in [-0.1, -0.05) is 19.8 Å². The highest BCUT2D eigenvalue weighted by Gasteiger charge is 2.37.